The van der Waals surface area contributed by atoms with Gasteiger partial charge >= 0.3 is 5.69 Å². The maximum absolute atomic E-state index is 12.7. The highest BCUT2D eigenvalue weighted by Gasteiger charge is 2.17. The normalized spacial score (nSPS) is 11.6. The van der Waals surface area contributed by atoms with Gasteiger partial charge in [-0.2, -0.15) is 0 Å². The Hall–Kier alpha value is -2.88. The zero-order chi connectivity index (χ0) is 19.0. The lowest BCUT2D eigenvalue weighted by molar-refractivity contribution is 0.603. The Kier molecular flexibility index (Phi) is 4.56. The van der Waals surface area contributed by atoms with Gasteiger partial charge in [0, 0.05) is 13.1 Å². The summed E-state index contributed by atoms with van der Waals surface area (Å²) in [5, 5.41) is 16.4. The summed E-state index contributed by atoms with van der Waals surface area (Å²) < 4.78 is 5.14. The number of hydrogen-bond donors (Lipinski definition) is 1. The molecular formula is C17H19N7O2S. The van der Waals surface area contributed by atoms with Crippen LogP contribution in [0.5, 0.6) is 0 Å². The van der Waals surface area contributed by atoms with Gasteiger partial charge in [-0.15, -0.1) is 15.3 Å². The molecule has 0 bridgehead atoms. The summed E-state index contributed by atoms with van der Waals surface area (Å²) >= 11 is 1.42. The molecule has 0 unspecified atom stereocenters. The number of thioether (sulfide) groups is 1. The van der Waals surface area contributed by atoms with Crippen LogP contribution in [0.15, 0.2) is 39.0 Å². The van der Waals surface area contributed by atoms with E-state index in [0.29, 0.717) is 41.0 Å². The third-order valence-electron chi connectivity index (χ3n) is 4.39. The Morgan fingerprint density at radius 3 is 2.70 bits per heavy atom. The predicted molar refractivity (Wildman–Crippen MR) is 103 cm³/mol. The monoisotopic (exact) mass is 385 g/mol. The molecule has 0 amide bonds. The number of nitrogens with zero attached hydrogens (tertiary/aromatic N) is 6. The summed E-state index contributed by atoms with van der Waals surface area (Å²) in [6.45, 7) is 5.03. The van der Waals surface area contributed by atoms with Gasteiger partial charge in [0.25, 0.3) is 5.56 Å². The highest BCUT2D eigenvalue weighted by molar-refractivity contribution is 7.98. The van der Waals surface area contributed by atoms with Gasteiger partial charge < -0.3 is 0 Å². The summed E-state index contributed by atoms with van der Waals surface area (Å²) in [6, 6.07) is 7.44. The van der Waals surface area contributed by atoms with Crippen molar-refractivity contribution < 1.29 is 0 Å². The second-order valence-corrected chi connectivity index (χ2v) is 7.01. The molecule has 0 radical (unpaired) electrons. The Labute approximate surface area is 158 Å². The molecule has 0 saturated heterocycles. The van der Waals surface area contributed by atoms with Crippen LogP contribution < -0.4 is 11.2 Å². The smallest absolute Gasteiger partial charge is 0.277 e. The molecule has 0 fully saturated rings. The van der Waals surface area contributed by atoms with E-state index in [4.69, 9.17) is 0 Å². The van der Waals surface area contributed by atoms with Crippen molar-refractivity contribution in [2.24, 2.45) is 0 Å². The van der Waals surface area contributed by atoms with E-state index in [2.05, 4.69) is 20.4 Å². The largest absolute Gasteiger partial charge is 0.343 e. The van der Waals surface area contributed by atoms with Crippen molar-refractivity contribution in [2.75, 3.05) is 0 Å². The molecule has 4 aromatic rings. The number of aromatic nitrogens is 7. The molecule has 0 saturated carbocycles. The molecule has 1 aromatic carbocycles. The van der Waals surface area contributed by atoms with Crippen molar-refractivity contribution in [1.29, 1.82) is 0 Å². The third-order valence-corrected chi connectivity index (χ3v) is 5.36. The molecule has 0 aliphatic rings. The molecule has 140 valence electrons. The predicted octanol–water partition coefficient (Wildman–Crippen LogP) is 1.65. The maximum atomic E-state index is 12.7. The first-order valence-corrected chi connectivity index (χ1v) is 9.77. The van der Waals surface area contributed by atoms with Crippen molar-refractivity contribution in [3.63, 3.8) is 0 Å². The van der Waals surface area contributed by atoms with Gasteiger partial charge in [0.15, 0.2) is 5.16 Å². The number of aromatic amines is 1. The average molecular weight is 385 g/mol. The second-order valence-electron chi connectivity index (χ2n) is 6.07. The average Bonchev–Trinajstić information content (AvgIpc) is 3.25. The molecule has 10 heteroatoms. The number of aryl methyl sites for hydroxylation is 1. The Balaban J connectivity index is 1.81. The molecule has 9 nitrogen and oxygen atoms in total. The van der Waals surface area contributed by atoms with E-state index in [0.717, 1.165) is 11.9 Å². The van der Waals surface area contributed by atoms with E-state index >= 15 is 0 Å². The lowest BCUT2D eigenvalue weighted by atomic mass is 10.2. The van der Waals surface area contributed by atoms with Crippen LogP contribution in [0.1, 0.15) is 26.1 Å². The van der Waals surface area contributed by atoms with Crippen LogP contribution in [-0.4, -0.2) is 33.9 Å². The molecule has 0 aliphatic heterocycles. The first-order chi connectivity index (χ1) is 13.2. The highest BCUT2D eigenvalue weighted by Crippen LogP contribution is 2.21. The van der Waals surface area contributed by atoms with E-state index in [9.17, 15) is 9.59 Å². The van der Waals surface area contributed by atoms with E-state index in [1.165, 1.54) is 11.8 Å². The molecule has 0 aliphatic carbocycles. The van der Waals surface area contributed by atoms with Crippen LogP contribution in [0.25, 0.3) is 16.7 Å². The van der Waals surface area contributed by atoms with Crippen LogP contribution in [0.4, 0.5) is 0 Å². The van der Waals surface area contributed by atoms with Crippen LogP contribution in [0.3, 0.4) is 0 Å². The molecule has 0 spiro atoms. The van der Waals surface area contributed by atoms with E-state index in [1.54, 1.807) is 9.13 Å². The van der Waals surface area contributed by atoms with Crippen LogP contribution >= 0.6 is 11.8 Å². The number of rotatable bonds is 6. The first kappa shape index (κ1) is 17.5. The van der Waals surface area contributed by atoms with Gasteiger partial charge in [-0.05, 0) is 25.5 Å². The quantitative estimate of drug-likeness (QED) is 0.506. The molecule has 0 atom stereocenters. The molecule has 1 N–H and O–H groups in total. The Morgan fingerprint density at radius 2 is 1.93 bits per heavy atom. The zero-order valence-corrected chi connectivity index (χ0v) is 15.9. The van der Waals surface area contributed by atoms with Crippen molar-refractivity contribution in [2.45, 2.75) is 44.3 Å². The van der Waals surface area contributed by atoms with Gasteiger partial charge in [0.1, 0.15) is 5.82 Å². The number of nitrogens with one attached hydrogen (secondary N) is 1. The van der Waals surface area contributed by atoms with E-state index < -0.39 is 0 Å². The fraction of sp³-hybridized carbons (Fsp3) is 0.353. The van der Waals surface area contributed by atoms with Crippen LogP contribution in [0.2, 0.25) is 0 Å². The summed E-state index contributed by atoms with van der Waals surface area (Å²) in [5.41, 5.74) is 0.489. The Bertz CT molecular complexity index is 1230. The molecular weight excluding hydrogens is 366 g/mol. The first-order valence-electron chi connectivity index (χ1n) is 8.79. The van der Waals surface area contributed by atoms with Gasteiger partial charge in [-0.1, -0.05) is 30.8 Å². The minimum atomic E-state index is -0.212. The lowest BCUT2D eigenvalue weighted by Gasteiger charge is -2.09. The van der Waals surface area contributed by atoms with Crippen LogP contribution in [0, 0.1) is 0 Å². The standard InChI is InChI=1S/C17H19N7O2S/c1-3-9-23-16(26)20-21-17(23)27-10-13-18-19-15-22(4-2)14(25)11-7-5-6-8-12(11)24(13)15/h5-8H,3-4,9-10H2,1-2H3,(H,20,26). The fourth-order valence-electron chi connectivity index (χ4n) is 3.16. The van der Waals surface area contributed by atoms with Gasteiger partial charge in [0.05, 0.1) is 16.7 Å². The summed E-state index contributed by atoms with van der Waals surface area (Å²) in [4.78, 5) is 24.6. The summed E-state index contributed by atoms with van der Waals surface area (Å²) in [6.07, 6.45) is 0.842. The number of para-hydroxylation sites is 1. The second kappa shape index (κ2) is 7.03. The van der Waals surface area contributed by atoms with Gasteiger partial charge in [0.2, 0.25) is 5.78 Å². The molecule has 3 aromatic heterocycles. The van der Waals surface area contributed by atoms with E-state index in [-0.39, 0.29) is 11.2 Å². The molecule has 3 heterocycles. The van der Waals surface area contributed by atoms with Gasteiger partial charge in [-0.3, -0.25) is 18.3 Å². The molecule has 27 heavy (non-hydrogen) atoms. The van der Waals surface area contributed by atoms with Crippen LogP contribution in [-0.2, 0) is 18.8 Å². The number of H-pyrrole nitrogens is 1. The fourth-order valence-corrected chi connectivity index (χ4v) is 4.04. The summed E-state index contributed by atoms with van der Waals surface area (Å²) in [7, 11) is 0. The zero-order valence-electron chi connectivity index (χ0n) is 15.0. The minimum absolute atomic E-state index is 0.0729. The van der Waals surface area contributed by atoms with E-state index in [1.807, 2.05) is 42.5 Å². The lowest BCUT2D eigenvalue weighted by Crippen LogP contribution is -2.22. The van der Waals surface area contributed by atoms with Crippen molar-refractivity contribution >= 4 is 28.4 Å². The van der Waals surface area contributed by atoms with Crippen molar-refractivity contribution in [3.8, 4) is 0 Å². The van der Waals surface area contributed by atoms with Crippen molar-refractivity contribution in [1.82, 2.24) is 33.9 Å². The molecule has 4 rings (SSSR count). The van der Waals surface area contributed by atoms with Crippen molar-refractivity contribution in [3.05, 3.63) is 50.9 Å². The SMILES string of the molecule is CCCn1c(SCc2nnc3n(CC)c(=O)c4ccccc4n23)n[nH]c1=O. The number of hydrogen-bond acceptors (Lipinski definition) is 6. The van der Waals surface area contributed by atoms with Gasteiger partial charge in [-0.25, -0.2) is 9.89 Å². The number of benzene rings is 1. The minimum Gasteiger partial charge on any atom is -0.277 e. The number of fused-ring (bicyclic) bond motifs is 3. The summed E-state index contributed by atoms with van der Waals surface area (Å²) in [5.74, 6) is 1.69. The topological polar surface area (TPSA) is 103 Å². The maximum Gasteiger partial charge on any atom is 0.343 e. The Morgan fingerprint density at radius 1 is 1.11 bits per heavy atom. The highest BCUT2D eigenvalue weighted by atomic mass is 32.2. The third kappa shape index (κ3) is 2.85.